The normalized spacial score (nSPS) is 10.9. The van der Waals surface area contributed by atoms with Gasteiger partial charge in [0.05, 0.1) is 17.1 Å². The Morgan fingerprint density at radius 3 is 2.33 bits per heavy atom. The number of nitrogen functional groups attached to an aromatic ring is 3. The van der Waals surface area contributed by atoms with E-state index in [1.807, 2.05) is 12.1 Å². The van der Waals surface area contributed by atoms with Gasteiger partial charge in [-0.3, -0.25) is 0 Å². The number of anilines is 3. The Hall–Kier alpha value is -1.42. The molecule has 0 fully saturated rings. The summed E-state index contributed by atoms with van der Waals surface area (Å²) in [6.45, 7) is 1.05. The number of hydrogen-bond donors (Lipinski definition) is 3. The maximum atomic E-state index is 5.88. The molecule has 0 unspecified atom stereocenters. The zero-order valence-corrected chi connectivity index (χ0v) is 9.46. The maximum Gasteiger partial charge on any atom is 0.0784 e. The summed E-state index contributed by atoms with van der Waals surface area (Å²) in [5, 5.41) is 0. The third-order valence-corrected chi connectivity index (χ3v) is 2.46. The van der Waals surface area contributed by atoms with E-state index in [0.29, 0.717) is 17.1 Å². The summed E-state index contributed by atoms with van der Waals surface area (Å²) in [4.78, 5) is 2.15. The minimum atomic E-state index is 0.511. The van der Waals surface area contributed by atoms with Crippen LogP contribution in [0.5, 0.6) is 0 Å². The van der Waals surface area contributed by atoms with Crippen LogP contribution in [-0.4, -0.2) is 25.5 Å². The summed E-state index contributed by atoms with van der Waals surface area (Å²) < 4.78 is 0. The van der Waals surface area contributed by atoms with Gasteiger partial charge in [0.25, 0.3) is 0 Å². The van der Waals surface area contributed by atoms with Gasteiger partial charge in [-0.05, 0) is 45.1 Å². The van der Waals surface area contributed by atoms with E-state index in [9.17, 15) is 0 Å². The maximum absolute atomic E-state index is 5.88. The van der Waals surface area contributed by atoms with Gasteiger partial charge in [-0.25, -0.2) is 0 Å². The summed E-state index contributed by atoms with van der Waals surface area (Å²) in [6.07, 6.45) is 2.01. The molecule has 0 atom stereocenters. The average molecular weight is 208 g/mol. The second-order valence-electron chi connectivity index (χ2n) is 4.05. The van der Waals surface area contributed by atoms with E-state index in [-0.39, 0.29) is 0 Å². The monoisotopic (exact) mass is 208 g/mol. The molecule has 84 valence electrons. The Labute approximate surface area is 91.0 Å². The highest BCUT2D eigenvalue weighted by molar-refractivity contribution is 5.79. The van der Waals surface area contributed by atoms with Crippen LogP contribution >= 0.6 is 0 Å². The van der Waals surface area contributed by atoms with Crippen molar-refractivity contribution < 1.29 is 0 Å². The summed E-state index contributed by atoms with van der Waals surface area (Å²) in [7, 11) is 4.11. The van der Waals surface area contributed by atoms with Gasteiger partial charge in [-0.15, -0.1) is 0 Å². The standard InChI is InChI=1S/C11H20N4/c1-15(2)7-3-4-8-5-6-9(12)11(14)10(8)13/h5-6H,3-4,7,12-14H2,1-2H3. The Kier molecular flexibility index (Phi) is 3.80. The molecule has 6 N–H and O–H groups in total. The topological polar surface area (TPSA) is 81.3 Å². The fraction of sp³-hybridized carbons (Fsp3) is 0.455. The van der Waals surface area contributed by atoms with Gasteiger partial charge >= 0.3 is 0 Å². The van der Waals surface area contributed by atoms with Crippen LogP contribution in [-0.2, 0) is 6.42 Å². The lowest BCUT2D eigenvalue weighted by Crippen LogP contribution is -2.14. The molecule has 0 aliphatic heterocycles. The van der Waals surface area contributed by atoms with E-state index in [1.54, 1.807) is 0 Å². The zero-order chi connectivity index (χ0) is 11.4. The van der Waals surface area contributed by atoms with Crippen LogP contribution in [0.4, 0.5) is 17.1 Å². The Balaban J connectivity index is 2.66. The molecule has 0 radical (unpaired) electrons. The molecule has 0 saturated heterocycles. The molecule has 0 aliphatic carbocycles. The molecule has 0 aromatic heterocycles. The smallest absolute Gasteiger partial charge is 0.0784 e. The number of hydrogen-bond acceptors (Lipinski definition) is 4. The van der Waals surface area contributed by atoms with E-state index in [1.165, 1.54) is 0 Å². The van der Waals surface area contributed by atoms with E-state index < -0.39 is 0 Å². The SMILES string of the molecule is CN(C)CCCc1ccc(N)c(N)c1N. The average Bonchev–Trinajstić information content (AvgIpc) is 2.18. The largest absolute Gasteiger partial charge is 0.397 e. The minimum absolute atomic E-state index is 0.511. The molecule has 0 bridgehead atoms. The first-order valence-corrected chi connectivity index (χ1v) is 5.09. The van der Waals surface area contributed by atoms with Crippen molar-refractivity contribution in [3.8, 4) is 0 Å². The molecular weight excluding hydrogens is 188 g/mol. The van der Waals surface area contributed by atoms with Crippen molar-refractivity contribution >= 4 is 17.1 Å². The minimum Gasteiger partial charge on any atom is -0.397 e. The molecule has 0 heterocycles. The highest BCUT2D eigenvalue weighted by Gasteiger charge is 2.05. The molecule has 15 heavy (non-hydrogen) atoms. The predicted molar refractivity (Wildman–Crippen MR) is 66.6 cm³/mol. The highest BCUT2D eigenvalue weighted by atomic mass is 15.0. The predicted octanol–water partition coefficient (Wildman–Crippen LogP) is 0.927. The number of rotatable bonds is 4. The van der Waals surface area contributed by atoms with Gasteiger partial charge in [0.2, 0.25) is 0 Å². The van der Waals surface area contributed by atoms with Gasteiger partial charge in [0, 0.05) is 0 Å². The third-order valence-electron chi connectivity index (χ3n) is 2.46. The molecule has 1 aromatic rings. The van der Waals surface area contributed by atoms with E-state index >= 15 is 0 Å². The van der Waals surface area contributed by atoms with Crippen molar-refractivity contribution in [3.05, 3.63) is 17.7 Å². The summed E-state index contributed by atoms with van der Waals surface area (Å²) in [6, 6.07) is 3.77. The van der Waals surface area contributed by atoms with Crippen molar-refractivity contribution in [1.82, 2.24) is 4.90 Å². The van der Waals surface area contributed by atoms with Crippen LogP contribution in [0.2, 0.25) is 0 Å². The van der Waals surface area contributed by atoms with Gasteiger partial charge < -0.3 is 22.1 Å². The molecule has 0 spiro atoms. The number of nitrogens with two attached hydrogens (primary N) is 3. The number of benzene rings is 1. The van der Waals surface area contributed by atoms with Gasteiger partial charge in [-0.2, -0.15) is 0 Å². The first-order chi connectivity index (χ1) is 7.02. The lowest BCUT2D eigenvalue weighted by Gasteiger charge is -2.12. The molecule has 1 rings (SSSR count). The first kappa shape index (κ1) is 11.7. The van der Waals surface area contributed by atoms with Crippen LogP contribution in [0.1, 0.15) is 12.0 Å². The number of nitrogens with zero attached hydrogens (tertiary/aromatic N) is 1. The zero-order valence-electron chi connectivity index (χ0n) is 9.46. The second-order valence-corrected chi connectivity index (χ2v) is 4.05. The van der Waals surface area contributed by atoms with Crippen molar-refractivity contribution in [3.63, 3.8) is 0 Å². The van der Waals surface area contributed by atoms with E-state index in [2.05, 4.69) is 19.0 Å². The van der Waals surface area contributed by atoms with Gasteiger partial charge in [-0.1, -0.05) is 6.07 Å². The Bertz CT molecular complexity index is 334. The van der Waals surface area contributed by atoms with Crippen molar-refractivity contribution in [1.29, 1.82) is 0 Å². The fourth-order valence-corrected chi connectivity index (χ4v) is 1.50. The van der Waals surface area contributed by atoms with Crippen LogP contribution in [0.25, 0.3) is 0 Å². The summed E-state index contributed by atoms with van der Waals surface area (Å²) in [5.41, 5.74) is 20.1. The van der Waals surface area contributed by atoms with Crippen LogP contribution in [0.3, 0.4) is 0 Å². The molecule has 4 nitrogen and oxygen atoms in total. The Morgan fingerprint density at radius 2 is 1.73 bits per heavy atom. The molecule has 0 saturated carbocycles. The lowest BCUT2D eigenvalue weighted by atomic mass is 10.1. The van der Waals surface area contributed by atoms with Crippen LogP contribution in [0, 0.1) is 0 Å². The third kappa shape index (κ3) is 3.02. The van der Waals surface area contributed by atoms with Crippen LogP contribution < -0.4 is 17.2 Å². The van der Waals surface area contributed by atoms with E-state index in [0.717, 1.165) is 24.9 Å². The first-order valence-electron chi connectivity index (χ1n) is 5.09. The Morgan fingerprint density at radius 1 is 1.07 bits per heavy atom. The second kappa shape index (κ2) is 4.89. The molecular formula is C11H20N4. The van der Waals surface area contributed by atoms with Crippen molar-refractivity contribution in [2.45, 2.75) is 12.8 Å². The quantitative estimate of drug-likeness (QED) is 0.643. The fourth-order valence-electron chi connectivity index (χ4n) is 1.50. The molecule has 0 amide bonds. The van der Waals surface area contributed by atoms with Gasteiger partial charge in [0.1, 0.15) is 0 Å². The molecule has 0 aliphatic rings. The van der Waals surface area contributed by atoms with Crippen molar-refractivity contribution in [2.24, 2.45) is 0 Å². The van der Waals surface area contributed by atoms with Gasteiger partial charge in [0.15, 0.2) is 0 Å². The summed E-state index contributed by atoms with van der Waals surface area (Å²) >= 11 is 0. The highest BCUT2D eigenvalue weighted by Crippen LogP contribution is 2.26. The molecule has 4 heteroatoms. The lowest BCUT2D eigenvalue weighted by molar-refractivity contribution is 0.400. The summed E-state index contributed by atoms with van der Waals surface area (Å²) in [5.74, 6) is 0. The number of aryl methyl sites for hydroxylation is 1. The van der Waals surface area contributed by atoms with Crippen molar-refractivity contribution in [2.75, 3.05) is 37.8 Å². The van der Waals surface area contributed by atoms with E-state index in [4.69, 9.17) is 17.2 Å². The van der Waals surface area contributed by atoms with Crippen LogP contribution in [0.15, 0.2) is 12.1 Å². The molecule has 1 aromatic carbocycles.